The van der Waals surface area contributed by atoms with E-state index in [2.05, 4.69) is 37.8 Å². The number of hydrogen-bond acceptors (Lipinski definition) is 6. The molecule has 38 heavy (non-hydrogen) atoms. The van der Waals surface area contributed by atoms with Crippen LogP contribution in [0.2, 0.25) is 0 Å². The van der Waals surface area contributed by atoms with Crippen molar-refractivity contribution in [2.24, 2.45) is 45.8 Å². The van der Waals surface area contributed by atoms with Crippen molar-refractivity contribution in [2.75, 3.05) is 32.8 Å². The first-order valence-corrected chi connectivity index (χ1v) is 15.3. The Bertz CT molecular complexity index is 1070. The molecule has 1 spiro atoms. The number of allylic oxidation sites excluding steroid dienone is 1. The van der Waals surface area contributed by atoms with E-state index < -0.39 is 22.2 Å². The van der Waals surface area contributed by atoms with Gasteiger partial charge in [0.2, 0.25) is 0 Å². The normalized spacial score (nSPS) is 49.0. The predicted molar refractivity (Wildman–Crippen MR) is 140 cm³/mol. The summed E-state index contributed by atoms with van der Waals surface area (Å²) in [6.45, 7) is 10.7. The Morgan fingerprint density at radius 2 is 1.89 bits per heavy atom. The lowest BCUT2D eigenvalue weighted by molar-refractivity contribution is -0.194. The summed E-state index contributed by atoms with van der Waals surface area (Å²) >= 11 is 0. The van der Waals surface area contributed by atoms with Gasteiger partial charge in [-0.15, -0.1) is 0 Å². The maximum atomic E-state index is 13.7. The third kappa shape index (κ3) is 2.96. The van der Waals surface area contributed by atoms with Gasteiger partial charge in [0.25, 0.3) is 0 Å². The molecular weight excluding hydrogens is 480 g/mol. The van der Waals surface area contributed by atoms with E-state index in [-0.39, 0.29) is 35.7 Å². The van der Waals surface area contributed by atoms with Gasteiger partial charge >= 0.3 is 5.97 Å². The molecule has 3 saturated carbocycles. The number of nitriles is 1. The summed E-state index contributed by atoms with van der Waals surface area (Å²) in [4.78, 5) is 16.2. The minimum absolute atomic E-state index is 0.108. The number of likely N-dealkylation sites (tertiary alicyclic amines) is 1. The molecule has 6 unspecified atom stereocenters. The van der Waals surface area contributed by atoms with Crippen molar-refractivity contribution in [1.29, 1.82) is 5.26 Å². The van der Waals surface area contributed by atoms with E-state index in [1.54, 1.807) is 0 Å². The fourth-order valence-corrected chi connectivity index (χ4v) is 11.1. The van der Waals surface area contributed by atoms with Crippen molar-refractivity contribution in [3.05, 3.63) is 11.6 Å². The number of ether oxygens (including phenoxy) is 3. The molecule has 1 N–H and O–H groups in total. The minimum Gasteiger partial charge on any atom is -0.481 e. The lowest BCUT2D eigenvalue weighted by Gasteiger charge is -2.59. The van der Waals surface area contributed by atoms with Crippen LogP contribution in [0.1, 0.15) is 72.1 Å². The molecule has 7 rings (SSSR count). The van der Waals surface area contributed by atoms with Crippen LogP contribution < -0.4 is 0 Å². The monoisotopic (exact) mass is 524 g/mol. The second-order valence-electron chi connectivity index (χ2n) is 14.0. The molecule has 208 valence electrons. The molecule has 7 nitrogen and oxygen atoms in total. The van der Waals surface area contributed by atoms with Gasteiger partial charge in [-0.1, -0.05) is 38.8 Å². The van der Waals surface area contributed by atoms with Crippen molar-refractivity contribution < 1.29 is 24.1 Å². The lowest BCUT2D eigenvalue weighted by atomic mass is 9.41. The largest absolute Gasteiger partial charge is 0.481 e. The number of fused-ring (bicyclic) bond motifs is 2. The fourth-order valence-electron chi connectivity index (χ4n) is 11.1. The number of carbonyl (C=O) groups is 1. The first-order valence-electron chi connectivity index (χ1n) is 15.3. The van der Waals surface area contributed by atoms with Crippen LogP contribution in [-0.4, -0.2) is 66.8 Å². The molecule has 4 aliphatic carbocycles. The summed E-state index contributed by atoms with van der Waals surface area (Å²) in [6.07, 6.45) is 9.63. The molecule has 0 aromatic rings. The Kier molecular flexibility index (Phi) is 5.72. The summed E-state index contributed by atoms with van der Waals surface area (Å²) < 4.78 is 18.8. The summed E-state index contributed by atoms with van der Waals surface area (Å²) in [7, 11) is 0. The maximum Gasteiger partial charge on any atom is 0.316 e. The summed E-state index contributed by atoms with van der Waals surface area (Å²) in [6, 6.07) is 2.78. The van der Waals surface area contributed by atoms with E-state index in [1.165, 1.54) is 0 Å². The first kappa shape index (κ1) is 25.5. The Hall–Kier alpha value is -1.46. The predicted octanol–water partition coefficient (Wildman–Crippen LogP) is 4.62. The SMILES string of the molecule is CC(C)C1=CC2CC3(C#N)[C@@H]4CC[C@@H](C)[C@H]4CC2(C2CCC(CN4CCC5(CC4)OCCO5)O2)C13C(=O)O. The zero-order valence-corrected chi connectivity index (χ0v) is 23.3. The van der Waals surface area contributed by atoms with E-state index in [9.17, 15) is 15.2 Å². The topological polar surface area (TPSA) is 92.0 Å². The van der Waals surface area contributed by atoms with Crippen molar-refractivity contribution in [1.82, 2.24) is 4.90 Å². The number of carboxylic acids is 1. The van der Waals surface area contributed by atoms with Crippen LogP contribution in [0.5, 0.6) is 0 Å². The summed E-state index contributed by atoms with van der Waals surface area (Å²) in [5.41, 5.74) is -1.45. The van der Waals surface area contributed by atoms with Gasteiger partial charge in [0.1, 0.15) is 5.41 Å². The van der Waals surface area contributed by atoms with Crippen LogP contribution in [0.25, 0.3) is 0 Å². The highest BCUT2D eigenvalue weighted by atomic mass is 16.7. The van der Waals surface area contributed by atoms with Gasteiger partial charge in [-0.2, -0.15) is 5.26 Å². The maximum absolute atomic E-state index is 13.7. The fraction of sp³-hybridized carbons (Fsp3) is 0.871. The molecule has 9 atom stereocenters. The molecule has 0 radical (unpaired) electrons. The Balaban J connectivity index is 1.20. The quantitative estimate of drug-likeness (QED) is 0.525. The molecule has 4 bridgehead atoms. The average molecular weight is 525 g/mol. The third-order valence-corrected chi connectivity index (χ3v) is 12.5. The molecule has 3 aliphatic heterocycles. The number of piperidine rings is 1. The molecule has 3 saturated heterocycles. The van der Waals surface area contributed by atoms with Gasteiger partial charge in [-0.05, 0) is 61.7 Å². The second-order valence-corrected chi connectivity index (χ2v) is 14.0. The van der Waals surface area contributed by atoms with Crippen LogP contribution in [0.4, 0.5) is 0 Å². The number of hydrogen-bond donors (Lipinski definition) is 1. The van der Waals surface area contributed by atoms with Crippen LogP contribution in [0.3, 0.4) is 0 Å². The van der Waals surface area contributed by atoms with Crippen molar-refractivity contribution in [3.8, 4) is 6.07 Å². The molecule has 0 aromatic heterocycles. The van der Waals surface area contributed by atoms with E-state index >= 15 is 0 Å². The van der Waals surface area contributed by atoms with Crippen LogP contribution >= 0.6 is 0 Å². The Morgan fingerprint density at radius 3 is 2.55 bits per heavy atom. The molecule has 3 heterocycles. The van der Waals surface area contributed by atoms with Gasteiger partial charge in [0, 0.05) is 37.9 Å². The summed E-state index contributed by atoms with van der Waals surface area (Å²) in [5.74, 6) is 0.219. The lowest BCUT2D eigenvalue weighted by Crippen LogP contribution is -2.64. The van der Waals surface area contributed by atoms with E-state index in [1.807, 2.05) is 0 Å². The number of aliphatic carboxylic acids is 1. The van der Waals surface area contributed by atoms with E-state index in [0.717, 1.165) is 70.2 Å². The number of nitrogens with zero attached hydrogens (tertiary/aromatic N) is 2. The number of carboxylic acid groups (broad SMARTS) is 1. The molecule has 7 aliphatic rings. The second kappa shape index (κ2) is 8.52. The van der Waals surface area contributed by atoms with Crippen LogP contribution in [-0.2, 0) is 19.0 Å². The smallest absolute Gasteiger partial charge is 0.316 e. The summed E-state index contributed by atoms with van der Waals surface area (Å²) in [5, 5.41) is 22.2. The van der Waals surface area contributed by atoms with Crippen LogP contribution in [0, 0.1) is 57.2 Å². The highest BCUT2D eigenvalue weighted by molar-refractivity contribution is 5.86. The van der Waals surface area contributed by atoms with E-state index in [0.29, 0.717) is 31.5 Å². The standard InChI is InChI=1S/C31H44N2O5/c1-19(2)25-14-21-15-28(18-32)24-6-4-20(3)23(24)16-30(21,31(25,28)27(34)35)26-7-5-22(38-26)17-33-10-8-29(9-11-33)36-12-13-37-29/h14,19-24,26H,4-13,15-17H2,1-3H3,(H,34,35)/t20-,21?,22?,23-,24-,26?,28?,30?,31?/m1/s1. The Labute approximate surface area is 226 Å². The average Bonchev–Trinajstić information content (AvgIpc) is 3.70. The van der Waals surface area contributed by atoms with Crippen molar-refractivity contribution >= 4 is 5.97 Å². The van der Waals surface area contributed by atoms with Gasteiger partial charge in [0.15, 0.2) is 5.79 Å². The zero-order valence-electron chi connectivity index (χ0n) is 23.3. The van der Waals surface area contributed by atoms with Gasteiger partial charge in [-0.25, -0.2) is 0 Å². The highest BCUT2D eigenvalue weighted by Gasteiger charge is 2.86. The van der Waals surface area contributed by atoms with Gasteiger partial charge in [-0.3, -0.25) is 4.79 Å². The zero-order chi connectivity index (χ0) is 26.5. The Morgan fingerprint density at radius 1 is 1.16 bits per heavy atom. The third-order valence-electron chi connectivity index (χ3n) is 12.5. The van der Waals surface area contributed by atoms with Crippen LogP contribution in [0.15, 0.2) is 11.6 Å². The molecule has 0 aromatic carbocycles. The van der Waals surface area contributed by atoms with Gasteiger partial charge in [0.05, 0.1) is 36.9 Å². The molecule has 0 amide bonds. The molecule has 6 fully saturated rings. The first-order chi connectivity index (χ1) is 18.2. The molecule has 7 heteroatoms. The van der Waals surface area contributed by atoms with Crippen molar-refractivity contribution in [2.45, 2.75) is 90.1 Å². The minimum atomic E-state index is -1.13. The molecular formula is C31H44N2O5. The van der Waals surface area contributed by atoms with Crippen molar-refractivity contribution in [3.63, 3.8) is 0 Å². The van der Waals surface area contributed by atoms with E-state index in [4.69, 9.17) is 14.2 Å². The highest BCUT2D eigenvalue weighted by Crippen LogP contribution is 2.84. The number of rotatable bonds is 5. The van der Waals surface area contributed by atoms with Gasteiger partial charge < -0.3 is 24.2 Å².